The SMILES string of the molecule is CC1=C(CN2C=CC2)CCc2cc(OCCCc3ccccc3C)ccc21. The van der Waals surface area contributed by atoms with Crippen LogP contribution in [-0.2, 0) is 12.8 Å². The van der Waals surface area contributed by atoms with Gasteiger partial charge in [0.2, 0.25) is 0 Å². The molecule has 2 aromatic rings. The van der Waals surface area contributed by atoms with Crippen LogP contribution < -0.4 is 4.74 Å². The molecule has 0 N–H and O–H groups in total. The van der Waals surface area contributed by atoms with Crippen LogP contribution >= 0.6 is 0 Å². The van der Waals surface area contributed by atoms with E-state index in [4.69, 9.17) is 4.74 Å². The summed E-state index contributed by atoms with van der Waals surface area (Å²) in [5, 5.41) is 0. The van der Waals surface area contributed by atoms with Gasteiger partial charge >= 0.3 is 0 Å². The molecular formula is C25H29NO. The molecule has 4 rings (SSSR count). The lowest BCUT2D eigenvalue weighted by atomic mass is 9.86. The molecule has 0 saturated carbocycles. The van der Waals surface area contributed by atoms with Gasteiger partial charge in [-0.05, 0) is 97.3 Å². The Hall–Kier alpha value is -2.48. The molecule has 27 heavy (non-hydrogen) atoms. The minimum Gasteiger partial charge on any atom is -0.494 e. The predicted octanol–water partition coefficient (Wildman–Crippen LogP) is 5.56. The van der Waals surface area contributed by atoms with Gasteiger partial charge in [0.1, 0.15) is 5.75 Å². The molecule has 2 aromatic carbocycles. The van der Waals surface area contributed by atoms with Crippen LogP contribution in [0.4, 0.5) is 0 Å². The van der Waals surface area contributed by atoms with Gasteiger partial charge in [0.05, 0.1) is 6.61 Å². The molecule has 2 nitrogen and oxygen atoms in total. The van der Waals surface area contributed by atoms with Gasteiger partial charge in [-0.25, -0.2) is 0 Å². The van der Waals surface area contributed by atoms with Gasteiger partial charge in [-0.3, -0.25) is 0 Å². The van der Waals surface area contributed by atoms with E-state index in [0.29, 0.717) is 0 Å². The Morgan fingerprint density at radius 2 is 1.89 bits per heavy atom. The van der Waals surface area contributed by atoms with Gasteiger partial charge < -0.3 is 9.64 Å². The number of benzene rings is 2. The second kappa shape index (κ2) is 8.04. The molecule has 0 fully saturated rings. The minimum atomic E-state index is 0.772. The maximum absolute atomic E-state index is 6.05. The highest BCUT2D eigenvalue weighted by Crippen LogP contribution is 2.34. The molecule has 140 valence electrons. The van der Waals surface area contributed by atoms with Crippen LogP contribution in [0.3, 0.4) is 0 Å². The molecule has 0 aromatic heterocycles. The van der Waals surface area contributed by atoms with Crippen molar-refractivity contribution in [3.8, 4) is 5.75 Å². The van der Waals surface area contributed by atoms with E-state index in [2.05, 4.69) is 73.5 Å². The summed E-state index contributed by atoms with van der Waals surface area (Å²) in [7, 11) is 0. The molecule has 0 amide bonds. The lowest BCUT2D eigenvalue weighted by Crippen LogP contribution is -2.27. The Kier molecular flexibility index (Phi) is 5.33. The van der Waals surface area contributed by atoms with Crippen molar-refractivity contribution < 1.29 is 4.74 Å². The lowest BCUT2D eigenvalue weighted by molar-refractivity contribution is 0.310. The average molecular weight is 360 g/mol. The van der Waals surface area contributed by atoms with Crippen molar-refractivity contribution in [3.63, 3.8) is 0 Å². The topological polar surface area (TPSA) is 12.5 Å². The Morgan fingerprint density at radius 1 is 1.04 bits per heavy atom. The van der Waals surface area contributed by atoms with Gasteiger partial charge in [-0.2, -0.15) is 0 Å². The van der Waals surface area contributed by atoms with Crippen molar-refractivity contribution in [2.24, 2.45) is 0 Å². The van der Waals surface area contributed by atoms with Crippen molar-refractivity contribution in [1.29, 1.82) is 0 Å². The number of allylic oxidation sites excluding steroid dienone is 1. The van der Waals surface area contributed by atoms with Gasteiger partial charge in [0.25, 0.3) is 0 Å². The molecule has 2 aliphatic rings. The largest absolute Gasteiger partial charge is 0.494 e. The quantitative estimate of drug-likeness (QED) is 0.601. The van der Waals surface area contributed by atoms with Crippen LogP contribution in [-0.4, -0.2) is 24.6 Å². The Labute approximate surface area is 163 Å². The van der Waals surface area contributed by atoms with E-state index >= 15 is 0 Å². The zero-order valence-electron chi connectivity index (χ0n) is 16.5. The van der Waals surface area contributed by atoms with Crippen molar-refractivity contribution >= 4 is 5.57 Å². The number of hydrogen-bond acceptors (Lipinski definition) is 2. The average Bonchev–Trinajstić information content (AvgIpc) is 2.64. The van der Waals surface area contributed by atoms with E-state index in [1.807, 2.05) is 0 Å². The molecule has 2 heteroatoms. The van der Waals surface area contributed by atoms with E-state index in [-0.39, 0.29) is 0 Å². The van der Waals surface area contributed by atoms with E-state index in [9.17, 15) is 0 Å². The number of fused-ring (bicyclic) bond motifs is 1. The second-order valence-corrected chi connectivity index (χ2v) is 7.74. The number of rotatable bonds is 7. The lowest BCUT2D eigenvalue weighted by Gasteiger charge is -2.30. The molecule has 0 bridgehead atoms. The third kappa shape index (κ3) is 4.10. The van der Waals surface area contributed by atoms with Crippen molar-refractivity contribution in [1.82, 2.24) is 4.90 Å². The summed E-state index contributed by atoms with van der Waals surface area (Å²) in [5.41, 5.74) is 8.69. The standard InChI is InChI=1S/C25H29NO/c1-19-7-3-4-8-21(19)9-5-16-27-24-12-13-25-20(2)23(11-10-22(25)17-24)18-26-14-6-15-26/h3-4,6-8,12-14,17H,5,9-11,15-16,18H2,1-2H3. The third-order valence-corrected chi connectivity index (χ3v) is 5.88. The highest BCUT2D eigenvalue weighted by Gasteiger charge is 2.18. The summed E-state index contributed by atoms with van der Waals surface area (Å²) < 4.78 is 6.05. The molecule has 0 saturated heterocycles. The number of nitrogens with zero attached hydrogens (tertiary/aromatic N) is 1. The first kappa shape index (κ1) is 17.9. The second-order valence-electron chi connectivity index (χ2n) is 7.74. The first-order chi connectivity index (χ1) is 13.2. The predicted molar refractivity (Wildman–Crippen MR) is 113 cm³/mol. The van der Waals surface area contributed by atoms with Gasteiger partial charge in [0.15, 0.2) is 0 Å². The fourth-order valence-electron chi connectivity index (χ4n) is 4.05. The van der Waals surface area contributed by atoms with Crippen molar-refractivity contribution in [3.05, 3.63) is 82.6 Å². The molecule has 0 atom stereocenters. The summed E-state index contributed by atoms with van der Waals surface area (Å²) in [4.78, 5) is 2.38. The smallest absolute Gasteiger partial charge is 0.119 e. The first-order valence-corrected chi connectivity index (χ1v) is 10.1. The fourth-order valence-corrected chi connectivity index (χ4v) is 4.05. The van der Waals surface area contributed by atoms with Crippen molar-refractivity contribution in [2.75, 3.05) is 19.7 Å². The molecule has 0 spiro atoms. The first-order valence-electron chi connectivity index (χ1n) is 10.1. The Morgan fingerprint density at radius 3 is 2.67 bits per heavy atom. The van der Waals surface area contributed by atoms with Gasteiger partial charge in [0, 0.05) is 13.1 Å². The van der Waals surface area contributed by atoms with Crippen LogP contribution in [0, 0.1) is 6.92 Å². The zero-order valence-corrected chi connectivity index (χ0v) is 16.5. The molecule has 1 heterocycles. The minimum absolute atomic E-state index is 0.772. The Bertz CT molecular complexity index is 878. The molecule has 0 radical (unpaired) electrons. The fraction of sp³-hybridized carbons (Fsp3) is 0.360. The maximum Gasteiger partial charge on any atom is 0.119 e. The van der Waals surface area contributed by atoms with Crippen LogP contribution in [0.5, 0.6) is 5.75 Å². The van der Waals surface area contributed by atoms with E-state index in [1.54, 1.807) is 5.57 Å². The summed E-state index contributed by atoms with van der Waals surface area (Å²) in [6.45, 7) is 7.41. The third-order valence-electron chi connectivity index (χ3n) is 5.88. The van der Waals surface area contributed by atoms with Crippen LogP contribution in [0.2, 0.25) is 0 Å². The molecule has 0 unspecified atom stereocenters. The number of ether oxygens (including phenoxy) is 1. The molecule has 1 aliphatic carbocycles. The molecule has 1 aliphatic heterocycles. The van der Waals surface area contributed by atoms with Crippen LogP contribution in [0.15, 0.2) is 60.3 Å². The van der Waals surface area contributed by atoms with E-state index in [1.165, 1.54) is 34.2 Å². The van der Waals surface area contributed by atoms with E-state index in [0.717, 1.165) is 44.7 Å². The Balaban J connectivity index is 1.35. The maximum atomic E-state index is 6.05. The van der Waals surface area contributed by atoms with E-state index < -0.39 is 0 Å². The van der Waals surface area contributed by atoms with Gasteiger partial charge in [-0.15, -0.1) is 0 Å². The number of hydrogen-bond donors (Lipinski definition) is 0. The monoisotopic (exact) mass is 359 g/mol. The highest BCUT2D eigenvalue weighted by molar-refractivity contribution is 5.72. The zero-order chi connectivity index (χ0) is 18.6. The van der Waals surface area contributed by atoms with Crippen LogP contribution in [0.25, 0.3) is 5.57 Å². The summed E-state index contributed by atoms with van der Waals surface area (Å²) >= 11 is 0. The summed E-state index contributed by atoms with van der Waals surface area (Å²) in [6.07, 6.45) is 8.83. The normalized spacial score (nSPS) is 15.6. The van der Waals surface area contributed by atoms with Crippen LogP contribution in [0.1, 0.15) is 42.0 Å². The summed E-state index contributed by atoms with van der Waals surface area (Å²) in [5.74, 6) is 1.01. The van der Waals surface area contributed by atoms with Gasteiger partial charge in [-0.1, -0.05) is 30.3 Å². The van der Waals surface area contributed by atoms with Crippen molar-refractivity contribution in [2.45, 2.75) is 39.5 Å². The summed E-state index contributed by atoms with van der Waals surface area (Å²) in [6, 6.07) is 15.3. The highest BCUT2D eigenvalue weighted by atomic mass is 16.5. The number of aryl methyl sites for hydroxylation is 3. The molecular weight excluding hydrogens is 330 g/mol.